The van der Waals surface area contributed by atoms with Crippen LogP contribution in [-0.4, -0.2) is 71.2 Å². The summed E-state index contributed by atoms with van der Waals surface area (Å²) in [5.41, 5.74) is 2.36. The summed E-state index contributed by atoms with van der Waals surface area (Å²) in [7, 11) is 0. The van der Waals surface area contributed by atoms with Crippen LogP contribution in [0.5, 0.6) is 0 Å². The molecule has 0 amide bonds. The molecule has 324 valence electrons. The molecule has 6 heteroatoms. The molecule has 3 atom stereocenters. The van der Waals surface area contributed by atoms with Crippen molar-refractivity contribution in [3.63, 3.8) is 0 Å². The van der Waals surface area contributed by atoms with Gasteiger partial charge in [-0.15, -0.1) is 0 Å². The molecule has 1 saturated heterocycles. The third-order valence-corrected chi connectivity index (χ3v) is 11.6. The zero-order chi connectivity index (χ0) is 40.6. The first-order valence-corrected chi connectivity index (χ1v) is 23.6. The van der Waals surface area contributed by atoms with Crippen LogP contribution in [-0.2, 0) is 34.0 Å². The van der Waals surface area contributed by atoms with Gasteiger partial charge in [0.2, 0.25) is 0 Å². The Morgan fingerprint density at radius 2 is 0.828 bits per heavy atom. The van der Waals surface area contributed by atoms with Gasteiger partial charge in [-0.05, 0) is 29.5 Å². The molecule has 0 radical (unpaired) electrons. The van der Waals surface area contributed by atoms with Crippen molar-refractivity contribution in [3.8, 4) is 0 Å². The molecule has 3 aromatic rings. The highest BCUT2D eigenvalue weighted by Gasteiger charge is 2.43. The molecule has 0 spiro atoms. The van der Waals surface area contributed by atoms with Gasteiger partial charge in [-0.3, -0.25) is 0 Å². The van der Waals surface area contributed by atoms with Gasteiger partial charge in [-0.2, -0.15) is 0 Å². The third kappa shape index (κ3) is 18.0. The first-order valence-electron chi connectivity index (χ1n) is 23.6. The second-order valence-electron chi connectivity index (χ2n) is 16.3. The van der Waals surface area contributed by atoms with Crippen molar-refractivity contribution in [2.75, 3.05) is 52.9 Å². The van der Waals surface area contributed by atoms with Crippen molar-refractivity contribution >= 4 is 0 Å². The van der Waals surface area contributed by atoms with Crippen LogP contribution in [0, 0.1) is 0 Å². The summed E-state index contributed by atoms with van der Waals surface area (Å²) < 4.78 is 38.7. The SMILES string of the molecule is CCCCCCCCCCCCOCCOC1CO[C@H](COC(c2ccccc2)(c2ccccc2)c2ccccc2)[C@@H]1OCCOCCCCCCCCCCCC. The van der Waals surface area contributed by atoms with E-state index < -0.39 is 5.60 Å². The van der Waals surface area contributed by atoms with E-state index >= 15 is 0 Å². The normalized spacial score (nSPS) is 17.0. The van der Waals surface area contributed by atoms with Crippen LogP contribution in [0.25, 0.3) is 0 Å². The highest BCUT2D eigenvalue weighted by atomic mass is 16.6. The van der Waals surface area contributed by atoms with Crippen LogP contribution in [0.1, 0.15) is 159 Å². The average molecular weight is 801 g/mol. The molecule has 0 aromatic heterocycles. The first-order chi connectivity index (χ1) is 28.8. The lowest BCUT2D eigenvalue weighted by Gasteiger charge is -2.37. The van der Waals surface area contributed by atoms with E-state index in [0.29, 0.717) is 39.6 Å². The summed E-state index contributed by atoms with van der Waals surface area (Å²) in [5.74, 6) is 0. The number of hydrogen-bond acceptors (Lipinski definition) is 6. The zero-order valence-electron chi connectivity index (χ0n) is 36.6. The Balaban J connectivity index is 1.27. The summed E-state index contributed by atoms with van der Waals surface area (Å²) >= 11 is 0. The second kappa shape index (κ2) is 31.3. The monoisotopic (exact) mass is 801 g/mol. The fourth-order valence-corrected chi connectivity index (χ4v) is 8.21. The van der Waals surface area contributed by atoms with Crippen molar-refractivity contribution in [2.45, 2.75) is 166 Å². The van der Waals surface area contributed by atoms with Gasteiger partial charge in [0, 0.05) is 13.2 Å². The van der Waals surface area contributed by atoms with E-state index in [-0.39, 0.29) is 18.3 Å². The molecule has 0 N–H and O–H groups in total. The number of hydrogen-bond donors (Lipinski definition) is 0. The number of unbranched alkanes of at least 4 members (excludes halogenated alkanes) is 18. The molecular weight excluding hydrogens is 721 g/mol. The molecule has 6 nitrogen and oxygen atoms in total. The van der Waals surface area contributed by atoms with E-state index in [9.17, 15) is 0 Å². The van der Waals surface area contributed by atoms with Crippen LogP contribution in [0.4, 0.5) is 0 Å². The summed E-state index contributed by atoms with van der Waals surface area (Å²) in [6.45, 7) is 9.02. The minimum absolute atomic E-state index is 0.212. The Bertz CT molecular complexity index is 1260. The maximum Gasteiger partial charge on any atom is 0.143 e. The molecule has 1 aliphatic rings. The molecule has 1 aliphatic heterocycles. The van der Waals surface area contributed by atoms with E-state index in [1.54, 1.807) is 0 Å². The van der Waals surface area contributed by atoms with Gasteiger partial charge >= 0.3 is 0 Å². The highest BCUT2D eigenvalue weighted by molar-refractivity contribution is 5.47. The molecule has 0 aliphatic carbocycles. The lowest BCUT2D eigenvalue weighted by molar-refractivity contribution is -0.108. The van der Waals surface area contributed by atoms with E-state index in [1.165, 1.54) is 116 Å². The Morgan fingerprint density at radius 1 is 0.448 bits per heavy atom. The van der Waals surface area contributed by atoms with Gasteiger partial charge in [-0.25, -0.2) is 0 Å². The summed E-state index contributed by atoms with van der Waals surface area (Å²) in [6.07, 6.45) is 25.6. The molecule has 0 bridgehead atoms. The number of benzene rings is 3. The topological polar surface area (TPSA) is 55.4 Å². The van der Waals surface area contributed by atoms with Crippen molar-refractivity contribution in [1.29, 1.82) is 0 Å². The Kier molecular flexibility index (Phi) is 26.0. The lowest BCUT2D eigenvalue weighted by Crippen LogP contribution is -2.42. The number of ether oxygens (including phenoxy) is 6. The smallest absolute Gasteiger partial charge is 0.143 e. The number of rotatable bonds is 36. The van der Waals surface area contributed by atoms with Crippen molar-refractivity contribution in [2.24, 2.45) is 0 Å². The molecule has 1 unspecified atom stereocenters. The molecule has 58 heavy (non-hydrogen) atoms. The van der Waals surface area contributed by atoms with E-state index in [4.69, 9.17) is 28.4 Å². The average Bonchev–Trinajstić information content (AvgIpc) is 3.66. The van der Waals surface area contributed by atoms with Crippen LogP contribution < -0.4 is 0 Å². The van der Waals surface area contributed by atoms with Crippen LogP contribution in [0.15, 0.2) is 91.0 Å². The summed E-state index contributed by atoms with van der Waals surface area (Å²) in [4.78, 5) is 0. The van der Waals surface area contributed by atoms with Gasteiger partial charge in [0.15, 0.2) is 0 Å². The fourth-order valence-electron chi connectivity index (χ4n) is 8.21. The van der Waals surface area contributed by atoms with E-state index in [2.05, 4.69) is 105 Å². The van der Waals surface area contributed by atoms with Gasteiger partial charge in [-0.1, -0.05) is 220 Å². The summed E-state index contributed by atoms with van der Waals surface area (Å²) in [5, 5.41) is 0. The summed E-state index contributed by atoms with van der Waals surface area (Å²) in [6, 6.07) is 31.5. The highest BCUT2D eigenvalue weighted by Crippen LogP contribution is 2.41. The molecule has 1 heterocycles. The first kappa shape index (κ1) is 48.1. The van der Waals surface area contributed by atoms with Crippen LogP contribution in [0.3, 0.4) is 0 Å². The molecule has 0 saturated carbocycles. The maximum absolute atomic E-state index is 7.18. The maximum atomic E-state index is 7.18. The van der Waals surface area contributed by atoms with E-state index in [0.717, 1.165) is 42.7 Å². The van der Waals surface area contributed by atoms with Gasteiger partial charge < -0.3 is 28.4 Å². The molecular formula is C52H80O6. The Morgan fingerprint density at radius 3 is 1.24 bits per heavy atom. The van der Waals surface area contributed by atoms with Crippen molar-refractivity contribution in [3.05, 3.63) is 108 Å². The van der Waals surface area contributed by atoms with Crippen LogP contribution >= 0.6 is 0 Å². The van der Waals surface area contributed by atoms with Crippen molar-refractivity contribution < 1.29 is 28.4 Å². The zero-order valence-corrected chi connectivity index (χ0v) is 36.6. The van der Waals surface area contributed by atoms with Gasteiger partial charge in [0.05, 0.1) is 39.6 Å². The lowest BCUT2D eigenvalue weighted by atomic mass is 9.80. The predicted molar refractivity (Wildman–Crippen MR) is 240 cm³/mol. The Hall–Kier alpha value is -2.58. The molecule has 3 aromatic carbocycles. The van der Waals surface area contributed by atoms with Gasteiger partial charge in [0.25, 0.3) is 0 Å². The largest absolute Gasteiger partial charge is 0.379 e. The van der Waals surface area contributed by atoms with Crippen LogP contribution in [0.2, 0.25) is 0 Å². The minimum Gasteiger partial charge on any atom is -0.379 e. The molecule has 4 rings (SSSR count). The Labute approximate surface area is 354 Å². The van der Waals surface area contributed by atoms with E-state index in [1.807, 2.05) is 0 Å². The third-order valence-electron chi connectivity index (χ3n) is 11.6. The van der Waals surface area contributed by atoms with Crippen molar-refractivity contribution in [1.82, 2.24) is 0 Å². The standard InChI is InChI=1S/C52H80O6/c1-3-5-7-9-11-13-15-17-19-30-38-53-40-42-55-49-44-57-50(51(49)56-43-41-54-39-31-20-18-16-14-12-10-8-6-4-2)45-58-52(46-32-24-21-25-33-46,47-34-26-22-27-35-47)48-36-28-23-29-37-48/h21-29,32-37,49-51H,3-20,30-31,38-45H2,1-2H3/t49?,50-,51-/m1/s1. The second-order valence-corrected chi connectivity index (χ2v) is 16.3. The fraction of sp³-hybridized carbons (Fsp3) is 0.654. The predicted octanol–water partition coefficient (Wildman–Crippen LogP) is 13.0. The quantitative estimate of drug-likeness (QED) is 0.0431. The minimum atomic E-state index is -0.836. The van der Waals surface area contributed by atoms with Gasteiger partial charge in [0.1, 0.15) is 23.9 Å². The molecule has 1 fully saturated rings.